The second kappa shape index (κ2) is 2.16. The number of fused-ring (bicyclic) bond motifs is 2. The lowest BCUT2D eigenvalue weighted by molar-refractivity contribution is 0.314. The van der Waals surface area contributed by atoms with E-state index < -0.39 is 0 Å². The first-order chi connectivity index (χ1) is 5.95. The molecule has 1 N–H and O–H groups in total. The third-order valence-electron chi connectivity index (χ3n) is 2.75. The highest BCUT2D eigenvalue weighted by Crippen LogP contribution is 2.28. The molecular weight excluding hydrogens is 150 g/mol. The zero-order valence-corrected chi connectivity index (χ0v) is 6.84. The molecule has 1 unspecified atom stereocenters. The van der Waals surface area contributed by atoms with Crippen molar-refractivity contribution in [2.75, 3.05) is 6.61 Å². The van der Waals surface area contributed by atoms with Crippen LogP contribution in [0.3, 0.4) is 0 Å². The summed E-state index contributed by atoms with van der Waals surface area (Å²) >= 11 is 0. The number of ether oxygens (including phenoxy) is 1. The Morgan fingerprint density at radius 1 is 1.50 bits per heavy atom. The molecule has 0 spiro atoms. The average molecular weight is 161 g/mol. The summed E-state index contributed by atoms with van der Waals surface area (Å²) in [5.41, 5.74) is 0. The van der Waals surface area contributed by atoms with Gasteiger partial charge in [0.05, 0.1) is 6.61 Å². The molecule has 0 aromatic carbocycles. The maximum absolute atomic E-state index is 5.62. The van der Waals surface area contributed by atoms with Crippen LogP contribution in [0.2, 0.25) is 0 Å². The Hall–Kier alpha value is -1.18. The van der Waals surface area contributed by atoms with E-state index in [0.717, 1.165) is 13.0 Å². The Bertz CT molecular complexity index is 415. The van der Waals surface area contributed by atoms with Crippen LogP contribution in [0, 0.1) is 5.92 Å². The maximum atomic E-state index is 5.62. The van der Waals surface area contributed by atoms with Gasteiger partial charge in [0, 0.05) is 22.7 Å². The van der Waals surface area contributed by atoms with E-state index in [-0.39, 0.29) is 0 Å². The van der Waals surface area contributed by atoms with Gasteiger partial charge in [-0.25, -0.2) is 0 Å². The summed E-state index contributed by atoms with van der Waals surface area (Å²) in [5.74, 6) is 1.88. The molecule has 2 heterocycles. The second-order valence-electron chi connectivity index (χ2n) is 3.44. The molecule has 12 heavy (non-hydrogen) atoms. The van der Waals surface area contributed by atoms with Gasteiger partial charge in [-0.3, -0.25) is 0 Å². The van der Waals surface area contributed by atoms with Crippen molar-refractivity contribution in [2.24, 2.45) is 5.92 Å². The minimum absolute atomic E-state index is 0.660. The number of nitrogens with one attached hydrogen (secondary N) is 1. The summed E-state index contributed by atoms with van der Waals surface area (Å²) in [6.45, 7) is 0.901. The molecular formula is C10H11NO. The monoisotopic (exact) mass is 161 g/mol. The molecule has 0 amide bonds. The number of H-pyrrole nitrogens is 1. The van der Waals surface area contributed by atoms with Gasteiger partial charge in [-0.05, 0) is 18.9 Å². The van der Waals surface area contributed by atoms with Crippen molar-refractivity contribution < 1.29 is 4.74 Å². The first-order valence-electron chi connectivity index (χ1n) is 4.46. The van der Waals surface area contributed by atoms with E-state index in [1.807, 2.05) is 6.20 Å². The van der Waals surface area contributed by atoms with Crippen LogP contribution >= 0.6 is 0 Å². The van der Waals surface area contributed by atoms with Crippen molar-refractivity contribution >= 4 is 11.8 Å². The number of hydrogen-bond donors (Lipinski definition) is 1. The van der Waals surface area contributed by atoms with Gasteiger partial charge in [-0.2, -0.15) is 0 Å². The fourth-order valence-electron chi connectivity index (χ4n) is 2.11. The van der Waals surface area contributed by atoms with Gasteiger partial charge in [0.1, 0.15) is 5.76 Å². The fourth-order valence-corrected chi connectivity index (χ4v) is 2.11. The molecule has 1 saturated heterocycles. The van der Waals surface area contributed by atoms with Gasteiger partial charge in [0.25, 0.3) is 0 Å². The number of hydrogen-bond acceptors (Lipinski definition) is 1. The topological polar surface area (TPSA) is 25.0 Å². The summed E-state index contributed by atoms with van der Waals surface area (Å²) in [4.78, 5) is 3.21. The number of rotatable bonds is 0. The third-order valence-corrected chi connectivity index (χ3v) is 2.75. The first kappa shape index (κ1) is 6.35. The molecule has 1 aliphatic heterocycles. The van der Waals surface area contributed by atoms with Crippen molar-refractivity contribution in [1.29, 1.82) is 0 Å². The lowest BCUT2D eigenvalue weighted by Crippen LogP contribution is -2.30. The van der Waals surface area contributed by atoms with Crippen LogP contribution in [0.4, 0.5) is 0 Å². The van der Waals surface area contributed by atoms with Crippen LogP contribution in [0.1, 0.15) is 12.8 Å². The van der Waals surface area contributed by atoms with E-state index in [2.05, 4.69) is 17.1 Å². The lowest BCUT2D eigenvalue weighted by Gasteiger charge is -2.09. The molecule has 1 atom stereocenters. The predicted octanol–water partition coefficient (Wildman–Crippen LogP) is 0.344. The van der Waals surface area contributed by atoms with Crippen molar-refractivity contribution in [2.45, 2.75) is 12.8 Å². The normalized spacial score (nSPS) is 25.7. The summed E-state index contributed by atoms with van der Waals surface area (Å²) < 4.78 is 5.62. The fraction of sp³-hybridized carbons (Fsp3) is 0.400. The molecule has 1 aromatic heterocycles. The Labute approximate surface area is 70.6 Å². The maximum Gasteiger partial charge on any atom is 0.109 e. The van der Waals surface area contributed by atoms with Crippen LogP contribution in [0.15, 0.2) is 12.3 Å². The molecule has 0 radical (unpaired) electrons. The van der Waals surface area contributed by atoms with Crippen LogP contribution in [-0.4, -0.2) is 11.6 Å². The molecule has 2 nitrogen and oxygen atoms in total. The van der Waals surface area contributed by atoms with Gasteiger partial charge < -0.3 is 9.72 Å². The van der Waals surface area contributed by atoms with Gasteiger partial charge >= 0.3 is 0 Å². The van der Waals surface area contributed by atoms with Gasteiger partial charge in [0.2, 0.25) is 0 Å². The van der Waals surface area contributed by atoms with Crippen molar-refractivity contribution in [1.82, 2.24) is 4.98 Å². The molecule has 62 valence electrons. The van der Waals surface area contributed by atoms with Gasteiger partial charge in [0.15, 0.2) is 0 Å². The highest BCUT2D eigenvalue weighted by atomic mass is 16.5. The summed E-state index contributed by atoms with van der Waals surface area (Å²) in [6.07, 6.45) is 6.59. The number of aromatic amines is 1. The van der Waals surface area contributed by atoms with Crippen LogP contribution in [0.25, 0.3) is 11.8 Å². The van der Waals surface area contributed by atoms with Crippen LogP contribution < -0.4 is 10.6 Å². The van der Waals surface area contributed by atoms with E-state index in [1.54, 1.807) is 0 Å². The van der Waals surface area contributed by atoms with E-state index in [4.69, 9.17) is 4.74 Å². The lowest BCUT2D eigenvalue weighted by atomic mass is 9.97. The highest BCUT2D eigenvalue weighted by Gasteiger charge is 2.24. The average Bonchev–Trinajstić information content (AvgIpc) is 2.71. The molecule has 0 saturated carbocycles. The molecule has 2 heteroatoms. The molecule has 1 fully saturated rings. The van der Waals surface area contributed by atoms with Crippen LogP contribution in [0.5, 0.6) is 0 Å². The Morgan fingerprint density at radius 2 is 2.50 bits per heavy atom. The van der Waals surface area contributed by atoms with Crippen molar-refractivity contribution in [3.8, 4) is 0 Å². The zero-order valence-electron chi connectivity index (χ0n) is 6.84. The third kappa shape index (κ3) is 0.697. The van der Waals surface area contributed by atoms with E-state index in [1.165, 1.54) is 22.7 Å². The quantitative estimate of drug-likeness (QED) is 0.583. The summed E-state index contributed by atoms with van der Waals surface area (Å²) in [5, 5.41) is 2.52. The molecule has 2 aliphatic rings. The van der Waals surface area contributed by atoms with Gasteiger partial charge in [-0.15, -0.1) is 0 Å². The van der Waals surface area contributed by atoms with Crippen LogP contribution in [-0.2, 0) is 4.74 Å². The van der Waals surface area contributed by atoms with E-state index in [9.17, 15) is 0 Å². The Morgan fingerprint density at radius 3 is 3.50 bits per heavy atom. The first-order valence-corrected chi connectivity index (χ1v) is 4.46. The van der Waals surface area contributed by atoms with E-state index >= 15 is 0 Å². The minimum Gasteiger partial charge on any atom is -0.497 e. The SMILES string of the molecule is C1=c2[nH]ccc2=C2OCCC2C1. The predicted molar refractivity (Wildman–Crippen MR) is 46.6 cm³/mol. The smallest absolute Gasteiger partial charge is 0.109 e. The largest absolute Gasteiger partial charge is 0.497 e. The number of aromatic nitrogens is 1. The molecule has 0 bridgehead atoms. The second-order valence-corrected chi connectivity index (χ2v) is 3.44. The van der Waals surface area contributed by atoms with Crippen molar-refractivity contribution in [3.63, 3.8) is 0 Å². The Kier molecular flexibility index (Phi) is 1.14. The van der Waals surface area contributed by atoms with Crippen molar-refractivity contribution in [3.05, 3.63) is 22.8 Å². The highest BCUT2D eigenvalue weighted by molar-refractivity contribution is 5.48. The Balaban J connectivity index is 2.39. The summed E-state index contributed by atoms with van der Waals surface area (Å²) in [6, 6.07) is 2.11. The van der Waals surface area contributed by atoms with Gasteiger partial charge in [-0.1, -0.05) is 6.08 Å². The molecule has 1 aromatic rings. The van der Waals surface area contributed by atoms with E-state index in [0.29, 0.717) is 5.92 Å². The standard InChI is InChI=1S/C10H11NO/c1-2-9-8(3-5-11-9)10-7(1)4-6-12-10/h2-3,5,7,11H,1,4,6H2. The summed E-state index contributed by atoms with van der Waals surface area (Å²) in [7, 11) is 0. The molecule has 3 rings (SSSR count). The minimum atomic E-state index is 0.660. The zero-order chi connectivity index (χ0) is 7.97. The molecule has 1 aliphatic carbocycles.